The van der Waals surface area contributed by atoms with E-state index in [1.807, 2.05) is 0 Å². The summed E-state index contributed by atoms with van der Waals surface area (Å²) in [5.74, 6) is 1.56. The lowest BCUT2D eigenvalue weighted by atomic mass is 10.0. The molecule has 1 aliphatic rings. The molecule has 0 aromatic heterocycles. The van der Waals surface area contributed by atoms with Crippen molar-refractivity contribution in [1.29, 1.82) is 0 Å². The summed E-state index contributed by atoms with van der Waals surface area (Å²) in [4.78, 5) is 11.0. The predicted octanol–water partition coefficient (Wildman–Crippen LogP) is 0.663. The van der Waals surface area contributed by atoms with Crippen molar-refractivity contribution in [3.63, 3.8) is 0 Å². The van der Waals surface area contributed by atoms with Crippen molar-refractivity contribution in [3.05, 3.63) is 0 Å². The predicted molar refractivity (Wildman–Crippen MR) is 48.1 cm³/mol. The van der Waals surface area contributed by atoms with Crippen LogP contribution in [0.2, 0.25) is 0 Å². The minimum Gasteiger partial charge on any atom is -0.464 e. The molecule has 1 fully saturated rings. The van der Waals surface area contributed by atoms with Crippen LogP contribution in [0.4, 0.5) is 0 Å². The van der Waals surface area contributed by atoms with E-state index >= 15 is 0 Å². The Morgan fingerprint density at radius 1 is 1.83 bits per heavy atom. The summed E-state index contributed by atoms with van der Waals surface area (Å²) in [6.07, 6.45) is 0.0185. The molecular weight excluding hydrogens is 176 g/mol. The van der Waals surface area contributed by atoms with Crippen molar-refractivity contribution in [2.24, 2.45) is 5.92 Å². The molecule has 0 spiro atoms. The van der Waals surface area contributed by atoms with Crippen LogP contribution in [-0.4, -0.2) is 35.3 Å². The second-order valence-corrected chi connectivity index (χ2v) is 3.97. The Kier molecular flexibility index (Phi) is 3.88. The number of carbonyl (C=O) groups is 1. The van der Waals surface area contributed by atoms with Gasteiger partial charge < -0.3 is 9.84 Å². The Bertz CT molecular complexity index is 154. The number of aliphatic hydroxyl groups is 1. The summed E-state index contributed by atoms with van der Waals surface area (Å²) in [5.41, 5.74) is 0. The van der Waals surface area contributed by atoms with Crippen LogP contribution in [0.25, 0.3) is 0 Å². The molecule has 1 heterocycles. The number of rotatable bonds is 3. The number of aliphatic hydroxyl groups excluding tert-OH is 1. The second-order valence-electron chi connectivity index (χ2n) is 2.82. The summed E-state index contributed by atoms with van der Waals surface area (Å²) in [5, 5.41) is 9.46. The van der Waals surface area contributed by atoms with E-state index in [-0.39, 0.29) is 5.92 Å². The first kappa shape index (κ1) is 9.86. The van der Waals surface area contributed by atoms with E-state index in [0.717, 1.165) is 17.9 Å². The largest absolute Gasteiger partial charge is 0.464 e. The number of thioether (sulfide) groups is 1. The molecule has 1 rings (SSSR count). The SMILES string of the molecule is CCOC(=O)C(O)C1CCSC1. The average Bonchev–Trinajstić information content (AvgIpc) is 2.55. The fraction of sp³-hybridized carbons (Fsp3) is 0.875. The second kappa shape index (κ2) is 4.72. The van der Waals surface area contributed by atoms with E-state index in [1.54, 1.807) is 18.7 Å². The van der Waals surface area contributed by atoms with Crippen LogP contribution < -0.4 is 0 Å². The molecule has 1 N–H and O–H groups in total. The minimum absolute atomic E-state index is 0.106. The van der Waals surface area contributed by atoms with Crippen LogP contribution in [0.3, 0.4) is 0 Å². The van der Waals surface area contributed by atoms with Crippen molar-refractivity contribution in [2.45, 2.75) is 19.4 Å². The third-order valence-electron chi connectivity index (χ3n) is 1.94. The highest BCUT2D eigenvalue weighted by Gasteiger charge is 2.29. The number of ether oxygens (including phenoxy) is 1. The maximum Gasteiger partial charge on any atom is 0.335 e. The third-order valence-corrected chi connectivity index (χ3v) is 3.13. The molecule has 0 radical (unpaired) electrons. The first-order valence-electron chi connectivity index (χ1n) is 4.18. The molecule has 0 amide bonds. The summed E-state index contributed by atoms with van der Waals surface area (Å²) >= 11 is 1.78. The summed E-state index contributed by atoms with van der Waals surface area (Å²) in [7, 11) is 0. The fourth-order valence-electron chi connectivity index (χ4n) is 1.22. The van der Waals surface area contributed by atoms with Crippen LogP contribution in [0, 0.1) is 5.92 Å². The van der Waals surface area contributed by atoms with Crippen molar-refractivity contribution in [3.8, 4) is 0 Å². The van der Waals surface area contributed by atoms with E-state index < -0.39 is 12.1 Å². The zero-order chi connectivity index (χ0) is 8.97. The van der Waals surface area contributed by atoms with Gasteiger partial charge in [-0.05, 0) is 24.9 Å². The summed E-state index contributed by atoms with van der Waals surface area (Å²) in [6.45, 7) is 2.09. The van der Waals surface area contributed by atoms with Gasteiger partial charge in [0.25, 0.3) is 0 Å². The topological polar surface area (TPSA) is 46.5 Å². The number of hydrogen-bond acceptors (Lipinski definition) is 4. The molecule has 12 heavy (non-hydrogen) atoms. The highest BCUT2D eigenvalue weighted by Crippen LogP contribution is 2.26. The monoisotopic (exact) mass is 190 g/mol. The van der Waals surface area contributed by atoms with Gasteiger partial charge in [0.05, 0.1) is 6.61 Å². The summed E-state index contributed by atoms with van der Waals surface area (Å²) < 4.78 is 4.72. The number of hydrogen-bond donors (Lipinski definition) is 1. The maximum atomic E-state index is 11.0. The molecule has 0 aromatic rings. The van der Waals surface area contributed by atoms with Gasteiger partial charge in [-0.2, -0.15) is 11.8 Å². The molecule has 0 saturated carbocycles. The Balaban J connectivity index is 2.34. The Hall–Kier alpha value is -0.220. The van der Waals surface area contributed by atoms with E-state index in [2.05, 4.69) is 0 Å². The van der Waals surface area contributed by atoms with E-state index in [4.69, 9.17) is 4.74 Å². The number of carbonyl (C=O) groups excluding carboxylic acids is 1. The molecule has 0 aliphatic carbocycles. The quantitative estimate of drug-likeness (QED) is 0.664. The molecule has 2 atom stereocenters. The molecule has 0 aromatic carbocycles. The van der Waals surface area contributed by atoms with E-state index in [9.17, 15) is 9.90 Å². The molecule has 1 saturated heterocycles. The average molecular weight is 190 g/mol. The van der Waals surface area contributed by atoms with Gasteiger partial charge in [0.15, 0.2) is 6.10 Å². The molecule has 1 aliphatic heterocycles. The normalized spacial score (nSPS) is 25.3. The Morgan fingerprint density at radius 2 is 2.58 bits per heavy atom. The van der Waals surface area contributed by atoms with Crippen molar-refractivity contribution < 1.29 is 14.6 Å². The van der Waals surface area contributed by atoms with Crippen molar-refractivity contribution in [2.75, 3.05) is 18.1 Å². The van der Waals surface area contributed by atoms with E-state index in [0.29, 0.717) is 6.61 Å². The van der Waals surface area contributed by atoms with Crippen LogP contribution in [0.1, 0.15) is 13.3 Å². The van der Waals surface area contributed by atoms with Gasteiger partial charge >= 0.3 is 5.97 Å². The molecule has 3 nitrogen and oxygen atoms in total. The van der Waals surface area contributed by atoms with Gasteiger partial charge in [0.1, 0.15) is 0 Å². The van der Waals surface area contributed by atoms with E-state index in [1.165, 1.54) is 0 Å². The minimum atomic E-state index is -0.903. The zero-order valence-electron chi connectivity index (χ0n) is 7.16. The highest BCUT2D eigenvalue weighted by molar-refractivity contribution is 7.99. The van der Waals surface area contributed by atoms with Crippen LogP contribution in [0.15, 0.2) is 0 Å². The fourth-order valence-corrected chi connectivity index (χ4v) is 2.51. The van der Waals surface area contributed by atoms with Crippen LogP contribution in [-0.2, 0) is 9.53 Å². The van der Waals surface area contributed by atoms with Crippen LogP contribution >= 0.6 is 11.8 Å². The summed E-state index contributed by atoms with van der Waals surface area (Å²) in [6, 6.07) is 0. The first-order valence-corrected chi connectivity index (χ1v) is 5.33. The Morgan fingerprint density at radius 3 is 3.08 bits per heavy atom. The Labute approximate surface area is 76.5 Å². The molecule has 70 valence electrons. The smallest absolute Gasteiger partial charge is 0.335 e. The van der Waals surface area contributed by atoms with Gasteiger partial charge in [-0.1, -0.05) is 0 Å². The van der Waals surface area contributed by atoms with Gasteiger partial charge in [0, 0.05) is 5.92 Å². The third kappa shape index (κ3) is 2.38. The van der Waals surface area contributed by atoms with Crippen molar-refractivity contribution in [1.82, 2.24) is 0 Å². The maximum absolute atomic E-state index is 11.0. The lowest BCUT2D eigenvalue weighted by molar-refractivity contribution is -0.155. The first-order chi connectivity index (χ1) is 5.75. The molecular formula is C8H14O3S. The molecule has 0 bridgehead atoms. The lowest BCUT2D eigenvalue weighted by Crippen LogP contribution is -2.31. The lowest BCUT2D eigenvalue weighted by Gasteiger charge is -2.14. The molecule has 2 unspecified atom stereocenters. The molecule has 4 heteroatoms. The van der Waals surface area contributed by atoms with Gasteiger partial charge in [-0.25, -0.2) is 4.79 Å². The van der Waals surface area contributed by atoms with Gasteiger partial charge in [0.2, 0.25) is 0 Å². The zero-order valence-corrected chi connectivity index (χ0v) is 7.97. The number of esters is 1. The van der Waals surface area contributed by atoms with Gasteiger partial charge in [-0.3, -0.25) is 0 Å². The highest BCUT2D eigenvalue weighted by atomic mass is 32.2. The van der Waals surface area contributed by atoms with Gasteiger partial charge in [-0.15, -0.1) is 0 Å². The van der Waals surface area contributed by atoms with Crippen LogP contribution in [0.5, 0.6) is 0 Å². The van der Waals surface area contributed by atoms with Crippen molar-refractivity contribution >= 4 is 17.7 Å². The standard InChI is InChI=1S/C8H14O3S/c1-2-11-8(10)7(9)6-3-4-12-5-6/h6-7,9H,2-5H2,1H3.